The fourth-order valence-corrected chi connectivity index (χ4v) is 13.9. The lowest BCUT2D eigenvalue weighted by Gasteiger charge is -2.40. The van der Waals surface area contributed by atoms with Gasteiger partial charge in [-0.2, -0.15) is 8.78 Å². The highest BCUT2D eigenvalue weighted by atomic mass is 32.1. The van der Waals surface area contributed by atoms with Gasteiger partial charge in [-0.05, 0) is 129 Å². The second-order valence-corrected chi connectivity index (χ2v) is 27.7. The Hall–Kier alpha value is -7.42. The molecule has 1 aromatic heterocycles. The molecule has 4 saturated heterocycles. The number of nitrogens with two attached hydrogens (primary N) is 1. The van der Waals surface area contributed by atoms with E-state index >= 15 is 0 Å². The number of hydrogen-bond acceptors (Lipinski definition) is 12. The van der Waals surface area contributed by atoms with Crippen LogP contribution in [0.2, 0.25) is 0 Å². The van der Waals surface area contributed by atoms with E-state index in [0.29, 0.717) is 67.6 Å². The SMILES string of the molecule is CC(C)N1CC[C@H]2CC[C@@H](C(=O)NC(CCC(N)=O)C(=O)NC(Cc3ccc(C(C)(C)C)cc3)C(=O)N3CCC(CCC#Cc4cccc5c4CN(C4CCC(=O)NC4=O)C5=O)CC3)N2C(=O)[C@@H](NC(=O)c2cc3cc(C(F)(F)P(=O)(O)O)ccc3s2)C1. The number of carbonyl (C=O) groups is 9. The summed E-state index contributed by atoms with van der Waals surface area (Å²) < 4.78 is 41.3. The lowest BCUT2D eigenvalue weighted by Crippen LogP contribution is -2.62. The summed E-state index contributed by atoms with van der Waals surface area (Å²) in [6.45, 7) is 11.7. The highest BCUT2D eigenvalue weighted by Crippen LogP contribution is 2.59. The molecule has 88 heavy (non-hydrogen) atoms. The van der Waals surface area contributed by atoms with Crippen LogP contribution >= 0.6 is 18.9 Å². The number of imide groups is 1. The number of piperidine rings is 2. The Bertz CT molecular complexity index is 3510. The van der Waals surface area contributed by atoms with Crippen LogP contribution in [-0.4, -0.2) is 151 Å². The van der Waals surface area contributed by atoms with E-state index in [1.54, 1.807) is 17.0 Å². The molecule has 0 bridgehead atoms. The van der Waals surface area contributed by atoms with Crippen molar-refractivity contribution >= 4 is 82.2 Å². The predicted molar refractivity (Wildman–Crippen MR) is 323 cm³/mol. The molecule has 6 heterocycles. The predicted octanol–water partition coefficient (Wildman–Crippen LogP) is 5.31. The van der Waals surface area contributed by atoms with Gasteiger partial charge >= 0.3 is 13.3 Å². The summed E-state index contributed by atoms with van der Waals surface area (Å²) in [5.41, 5.74) is 3.80. The molecule has 470 valence electrons. The summed E-state index contributed by atoms with van der Waals surface area (Å²) in [6, 6.07) is 11.4. The number of alkyl halides is 2. The maximum Gasteiger partial charge on any atom is 0.399 e. The van der Waals surface area contributed by atoms with E-state index in [9.17, 15) is 66.3 Å². The van der Waals surface area contributed by atoms with Crippen molar-refractivity contribution in [3.05, 3.63) is 105 Å². The number of likely N-dealkylation sites (tertiary alicyclic amines) is 1. The monoisotopic (exact) mass is 1250 g/mol. The molecule has 21 nitrogen and oxygen atoms in total. The Morgan fingerprint density at radius 2 is 1.59 bits per heavy atom. The third-order valence-electron chi connectivity index (χ3n) is 17.6. The highest BCUT2D eigenvalue weighted by molar-refractivity contribution is 7.52. The molecule has 9 rings (SSSR count). The van der Waals surface area contributed by atoms with Crippen LogP contribution in [0.25, 0.3) is 10.1 Å². The van der Waals surface area contributed by atoms with Gasteiger partial charge in [-0.15, -0.1) is 11.3 Å². The Kier molecular flexibility index (Phi) is 19.8. The number of thiophene rings is 1. The van der Waals surface area contributed by atoms with Gasteiger partial charge in [0.2, 0.25) is 41.4 Å². The first kappa shape index (κ1) is 65.0. The molecule has 3 unspecified atom stereocenters. The molecule has 0 aliphatic carbocycles. The number of carbonyl (C=O) groups excluding carboxylic acids is 9. The maximum absolute atomic E-state index is 14.9. The van der Waals surface area contributed by atoms with Crippen LogP contribution in [-0.2, 0) is 62.2 Å². The largest absolute Gasteiger partial charge is 0.399 e. The van der Waals surface area contributed by atoms with Crippen molar-refractivity contribution in [2.24, 2.45) is 11.7 Å². The Morgan fingerprint density at radius 3 is 2.26 bits per heavy atom. The van der Waals surface area contributed by atoms with Crippen molar-refractivity contribution in [1.82, 2.24) is 40.9 Å². The van der Waals surface area contributed by atoms with Gasteiger partial charge in [0.05, 0.1) is 4.88 Å². The third kappa shape index (κ3) is 14.7. The molecule has 4 fully saturated rings. The summed E-state index contributed by atoms with van der Waals surface area (Å²) in [6.07, 6.45) is 3.70. The van der Waals surface area contributed by atoms with Crippen molar-refractivity contribution in [3.8, 4) is 11.8 Å². The van der Waals surface area contributed by atoms with Crippen molar-refractivity contribution < 1.29 is 66.3 Å². The molecule has 4 aromatic rings. The Morgan fingerprint density at radius 1 is 0.875 bits per heavy atom. The van der Waals surface area contributed by atoms with Crippen LogP contribution in [0.4, 0.5) is 8.78 Å². The van der Waals surface area contributed by atoms with Crippen LogP contribution in [0.1, 0.15) is 153 Å². The van der Waals surface area contributed by atoms with Gasteiger partial charge in [-0.1, -0.05) is 69.0 Å². The number of nitrogens with one attached hydrogen (secondary N) is 4. The van der Waals surface area contributed by atoms with Gasteiger partial charge in [-0.25, -0.2) is 0 Å². The van der Waals surface area contributed by atoms with E-state index in [4.69, 9.17) is 5.73 Å². The van der Waals surface area contributed by atoms with E-state index in [-0.39, 0.29) is 97.0 Å². The number of nitrogens with zero attached hydrogens (tertiary/aromatic N) is 4. The van der Waals surface area contributed by atoms with Crippen molar-refractivity contribution in [2.75, 3.05) is 26.2 Å². The second-order valence-electron chi connectivity index (χ2n) is 25.0. The summed E-state index contributed by atoms with van der Waals surface area (Å²) in [5.74, 6) is 1.83. The molecular weight excluding hydrogens is 1180 g/mol. The molecule has 0 saturated carbocycles. The number of primary amides is 1. The van der Waals surface area contributed by atoms with Gasteiger partial charge in [0.1, 0.15) is 30.2 Å². The zero-order chi connectivity index (χ0) is 63.6. The zero-order valence-corrected chi connectivity index (χ0v) is 51.7. The van der Waals surface area contributed by atoms with Crippen LogP contribution < -0.4 is 27.0 Å². The minimum atomic E-state index is -5.88. The standard InChI is InChI=1S/C63H76F2N9O12PS/c1-36(2)72-30-27-43-18-20-50(74(43)61(83)48(35-72)69-58(80)52-33-40-32-42(17-22-51(40)88-52)63(64,65)87(84,85)86)57(79)67-46(19-23-53(66)75)55(77)68-47(31-38-13-15-41(16-14-38)62(3,4)5)60(82)71-28-25-37(26-29-71)9-6-7-10-39-11-8-12-44-45(39)34-73(59(44)81)49-21-24-54(76)70-56(49)78/h8,11-17,22,32-33,36-37,43,46-50H,6,9,18-21,23-31,34-35H2,1-5H3,(H2,66,75)(H,67,79)(H,68,77)(H,69,80)(H,70,76,78)(H2,84,85,86)/t43-,46?,47?,48+,49?,50+/m1/s1. The first-order valence-electron chi connectivity index (χ1n) is 29.9. The van der Waals surface area contributed by atoms with Crippen LogP contribution in [0.3, 0.4) is 0 Å². The van der Waals surface area contributed by atoms with Crippen molar-refractivity contribution in [2.45, 2.75) is 172 Å². The summed E-state index contributed by atoms with van der Waals surface area (Å²) in [4.78, 5) is 149. The van der Waals surface area contributed by atoms with Crippen molar-refractivity contribution in [1.29, 1.82) is 0 Å². The number of halogens is 2. The average Bonchev–Trinajstić information content (AvgIpc) is 1.99. The molecule has 8 N–H and O–H groups in total. The third-order valence-corrected chi connectivity index (χ3v) is 19.7. The first-order chi connectivity index (χ1) is 41.6. The minimum Gasteiger partial charge on any atom is -0.370 e. The quantitative estimate of drug-likeness (QED) is 0.0378. The van der Waals surface area contributed by atoms with Gasteiger partial charge < -0.3 is 46.2 Å². The van der Waals surface area contributed by atoms with Crippen molar-refractivity contribution in [3.63, 3.8) is 0 Å². The fraction of sp³-hybridized carbons (Fsp3) is 0.508. The molecule has 25 heteroatoms. The van der Waals surface area contributed by atoms with Gasteiger partial charge in [-0.3, -0.25) is 57.9 Å². The Balaban J connectivity index is 0.872. The van der Waals surface area contributed by atoms with E-state index in [1.807, 2.05) is 49.1 Å². The van der Waals surface area contributed by atoms with Gasteiger partial charge in [0.15, 0.2) is 0 Å². The molecule has 5 aliphatic heterocycles. The zero-order valence-electron chi connectivity index (χ0n) is 49.9. The van der Waals surface area contributed by atoms with Gasteiger partial charge in [0.25, 0.3) is 11.8 Å². The number of benzene rings is 3. The normalized spacial score (nSPS) is 21.2. The maximum atomic E-state index is 14.9. The number of rotatable bonds is 18. The summed E-state index contributed by atoms with van der Waals surface area (Å²) in [5, 5.41) is 11.0. The van der Waals surface area contributed by atoms with E-state index in [1.165, 1.54) is 21.9 Å². The summed E-state index contributed by atoms with van der Waals surface area (Å²) in [7, 11) is -5.88. The molecule has 6 atom stereocenters. The van der Waals surface area contributed by atoms with E-state index in [2.05, 4.69) is 53.9 Å². The first-order valence-corrected chi connectivity index (χ1v) is 32.4. The van der Waals surface area contributed by atoms with Crippen LogP contribution in [0, 0.1) is 17.8 Å². The van der Waals surface area contributed by atoms with Crippen LogP contribution in [0.5, 0.6) is 0 Å². The fourth-order valence-electron chi connectivity index (χ4n) is 12.4. The smallest absolute Gasteiger partial charge is 0.370 e. The molecule has 3 aromatic carbocycles. The molecular formula is C63H76F2N9O12PS. The highest BCUT2D eigenvalue weighted by Gasteiger charge is 2.51. The minimum absolute atomic E-state index is 0.0342. The average molecular weight is 1250 g/mol. The summed E-state index contributed by atoms with van der Waals surface area (Å²) >= 11 is 0.930. The second kappa shape index (κ2) is 26.7. The van der Waals surface area contributed by atoms with Crippen LogP contribution in [0.15, 0.2) is 66.7 Å². The number of hydrogen-bond donors (Lipinski definition) is 7. The molecule has 5 aliphatic rings. The van der Waals surface area contributed by atoms with E-state index < -0.39 is 90.5 Å². The lowest BCUT2D eigenvalue weighted by atomic mass is 9.86. The molecule has 0 radical (unpaired) electrons. The topological polar surface area (TPSA) is 298 Å². The molecule has 9 amide bonds. The van der Waals surface area contributed by atoms with E-state index in [0.717, 1.165) is 46.6 Å². The molecule has 0 spiro atoms. The van der Waals surface area contributed by atoms with Gasteiger partial charge in [0, 0.05) is 91.9 Å². The number of fused-ring (bicyclic) bond motifs is 3. The lowest BCUT2D eigenvalue weighted by molar-refractivity contribution is -0.144. The number of amides is 9. The Labute approximate surface area is 513 Å².